The summed E-state index contributed by atoms with van der Waals surface area (Å²) in [6, 6.07) is 0. The number of carbonyl (C=O) groups is 8. The number of amides is 4. The molecule has 12 fully saturated rings. The molecule has 8 aliphatic carbocycles. The Balaban J connectivity index is 0.000000158. The van der Waals surface area contributed by atoms with Crippen LogP contribution in [-0.2, 0) is 119 Å². The maximum absolute atomic E-state index is 12.5. The second-order valence-corrected chi connectivity index (χ2v) is 40.4. The Morgan fingerprint density at radius 1 is 0.515 bits per heavy atom. The number of rotatable bonds is 23. The van der Waals surface area contributed by atoms with Gasteiger partial charge < -0.3 is 45.0 Å². The van der Waals surface area contributed by atoms with Gasteiger partial charge in [-0.15, -0.1) is 0 Å². The molecule has 574 valence electrons. The highest BCUT2D eigenvalue weighted by Gasteiger charge is 2.83. The average molecular weight is 1510 g/mol. The molecule has 12 aliphatic rings. The van der Waals surface area contributed by atoms with Crippen LogP contribution in [-0.4, -0.2) is 189 Å². The zero-order chi connectivity index (χ0) is 75.5. The lowest BCUT2D eigenvalue weighted by molar-refractivity contribution is -0.194. The number of nitrogens with one attached hydrogen (secondary N) is 4. The Labute approximate surface area is 595 Å². The van der Waals surface area contributed by atoms with E-state index in [0.717, 1.165) is 6.42 Å². The molecule has 22 unspecified atom stereocenters. The summed E-state index contributed by atoms with van der Waals surface area (Å²) < 4.78 is 146. The Bertz CT molecular complexity index is 3740. The monoisotopic (exact) mass is 1510 g/mol. The first-order chi connectivity index (χ1) is 46.4. The maximum Gasteiger partial charge on any atom is 0.325 e. The molecule has 8 saturated carbocycles. The highest BCUT2D eigenvalue weighted by molar-refractivity contribution is 7.88. The molecule has 12 rings (SSSR count). The first-order valence-electron chi connectivity index (χ1n) is 35.7. The molecular weight excluding hydrogens is 1400 g/mol. The van der Waals surface area contributed by atoms with Gasteiger partial charge in [0.15, 0.2) is 0 Å². The second-order valence-electron chi connectivity index (χ2n) is 33.3. The van der Waals surface area contributed by atoms with E-state index >= 15 is 0 Å². The summed E-state index contributed by atoms with van der Waals surface area (Å²) in [4.78, 5) is 96.5. The number of carbonyl (C=O) groups excluding carboxylic acids is 8. The van der Waals surface area contributed by atoms with Crippen molar-refractivity contribution in [3.05, 3.63) is 0 Å². The van der Waals surface area contributed by atoms with Gasteiger partial charge in [0.1, 0.15) is 80.2 Å². The van der Waals surface area contributed by atoms with E-state index < -0.39 is 154 Å². The van der Waals surface area contributed by atoms with E-state index in [-0.39, 0.29) is 122 Å². The van der Waals surface area contributed by atoms with Gasteiger partial charge in [-0.3, -0.25) is 55.1 Å². The summed E-state index contributed by atoms with van der Waals surface area (Å²) in [6.45, 7) is 32.9. The third kappa shape index (κ3) is 14.4. The highest BCUT2D eigenvalue weighted by atomic mass is 32.2. The third-order valence-electron chi connectivity index (χ3n) is 26.2. The molecule has 0 aromatic rings. The fourth-order valence-electron chi connectivity index (χ4n) is 18.1. The Morgan fingerprint density at radius 3 is 1.53 bits per heavy atom. The van der Waals surface area contributed by atoms with E-state index in [0.29, 0.717) is 57.8 Å². The maximum atomic E-state index is 12.5. The van der Waals surface area contributed by atoms with E-state index in [2.05, 4.69) is 21.3 Å². The quantitative estimate of drug-likeness (QED) is 0.0476. The summed E-state index contributed by atoms with van der Waals surface area (Å²) in [6.07, 6.45) is 3.50. The largest absolute Gasteiger partial charge is 0.463 e. The molecule has 0 aromatic carbocycles. The van der Waals surface area contributed by atoms with Crippen LogP contribution in [0.15, 0.2) is 0 Å². The Morgan fingerprint density at radius 2 is 1.00 bits per heavy atom. The number of hydrogen-bond donors (Lipinski definition) is 4. The van der Waals surface area contributed by atoms with Crippen molar-refractivity contribution in [1.82, 2.24) is 21.3 Å². The van der Waals surface area contributed by atoms with Crippen molar-refractivity contribution in [3.8, 4) is 0 Å². The highest BCUT2D eigenvalue weighted by Crippen LogP contribution is 2.74. The molecule has 0 aromatic heterocycles. The lowest BCUT2D eigenvalue weighted by atomic mass is 9.66. The number of fused-ring (bicyclic) bond motifs is 4. The van der Waals surface area contributed by atoms with Gasteiger partial charge in [-0.05, 0) is 111 Å². The SMILES string of the molecule is CCC(C)(C)C(=O)NCC(=O)OC1C2CC3C(C2)S(=O)(=O)OC31C.CCC(C)(C)C(=O)NCC(=O)OC1C2CC3C1OS(=O)(=O)C3C2.CCC(C)(C)C(=O)NCC(=O)OC1C2CC3C1OS(=O)(=O)C3C2C.CCC(C)(C)C(=O)OCCNC(=O)COC1(C)C2(C)CC3C(C2C)C1(C)OS3(=O)=O. The molecule has 4 amide bonds. The van der Waals surface area contributed by atoms with Crippen LogP contribution in [0, 0.1) is 80.3 Å². The summed E-state index contributed by atoms with van der Waals surface area (Å²) in [5, 5.41) is 8.58. The zero-order valence-corrected chi connectivity index (χ0v) is 64.8. The van der Waals surface area contributed by atoms with Crippen LogP contribution in [0.4, 0.5) is 0 Å². The number of hydrogen-bond acceptors (Lipinski definition) is 25. The summed E-state index contributed by atoms with van der Waals surface area (Å²) >= 11 is 0. The van der Waals surface area contributed by atoms with Crippen LogP contribution < -0.4 is 21.3 Å². The second kappa shape index (κ2) is 27.9. The van der Waals surface area contributed by atoms with E-state index in [4.69, 9.17) is 40.4 Å². The molecule has 0 spiro atoms. The van der Waals surface area contributed by atoms with Crippen LogP contribution >= 0.6 is 0 Å². The Hall–Kier alpha value is -4.64. The molecule has 4 aliphatic heterocycles. The van der Waals surface area contributed by atoms with Gasteiger partial charge in [0.25, 0.3) is 40.5 Å². The smallest absolute Gasteiger partial charge is 0.325 e. The summed E-state index contributed by atoms with van der Waals surface area (Å²) in [5.41, 5.74) is -5.47. The van der Waals surface area contributed by atoms with Gasteiger partial charge in [-0.1, -0.05) is 90.0 Å². The predicted octanol–water partition coefficient (Wildman–Crippen LogP) is 4.42. The molecule has 4 saturated heterocycles. The third-order valence-corrected chi connectivity index (χ3v) is 33.6. The van der Waals surface area contributed by atoms with E-state index in [9.17, 15) is 72.0 Å². The van der Waals surface area contributed by atoms with Gasteiger partial charge >= 0.3 is 23.9 Å². The fourth-order valence-corrected chi connectivity index (χ4v) is 26.4. The number of esters is 4. The molecule has 0 radical (unpaired) electrons. The molecule has 22 atom stereocenters. The van der Waals surface area contributed by atoms with Crippen molar-refractivity contribution in [2.75, 3.05) is 39.4 Å². The molecular formula is C68H108N4O25S4. The fraction of sp³-hybridized carbons (Fsp3) is 0.882. The van der Waals surface area contributed by atoms with Crippen molar-refractivity contribution in [1.29, 1.82) is 0 Å². The van der Waals surface area contributed by atoms with Crippen molar-refractivity contribution >= 4 is 88.0 Å². The van der Waals surface area contributed by atoms with Crippen LogP contribution in [0.1, 0.15) is 189 Å². The standard InChI is InChI=1S/C21H35NO7S.2C16H25NO6S.C15H23NO6S/c1-8-18(3,4)17(24)27-10-9-22-15(23)12-28-21(7)19(5)11-14-16(13(19)2)20(21,6)29-30(14,25)26;1-5-15(2,3)14(19)17-8-12(18)22-13-9-6-10-11(7-9)24(20,21)23-16(10,13)4;1-5-16(3,4)15(19)17-7-11(18)22-12-9-6-10-13(12)23-24(20,21)14(10)8(9)2;1-4-15(2,3)14(18)16-7-11(17)21-12-8-5-9-10(6-8)23(19,20)22-13(9)12/h13-14,16H,8-12H2,1-7H3,(H,22,23);9-11,13H,5-8H2,1-4H3,(H,17,19);8-10,12-14H,5-7H2,1-4H3,(H,17,19);8-10,12-13H,4-7H2,1-3H3,(H,16,18). The summed E-state index contributed by atoms with van der Waals surface area (Å²) in [5.74, 6) is -3.25. The van der Waals surface area contributed by atoms with Crippen LogP contribution in [0.2, 0.25) is 0 Å². The molecule has 8 bridgehead atoms. The van der Waals surface area contributed by atoms with E-state index in [1.807, 2.05) is 96.9 Å². The van der Waals surface area contributed by atoms with Crippen LogP contribution in [0.5, 0.6) is 0 Å². The van der Waals surface area contributed by atoms with Gasteiger partial charge in [-0.2, -0.15) is 33.7 Å². The minimum atomic E-state index is -3.64. The molecule has 4 heterocycles. The average Bonchev–Trinajstić information content (AvgIpc) is 1.47. The first-order valence-corrected chi connectivity index (χ1v) is 41.5. The lowest BCUT2D eigenvalue weighted by Gasteiger charge is -2.49. The normalized spacial score (nSPS) is 39.1. The number of ether oxygens (including phenoxy) is 5. The zero-order valence-electron chi connectivity index (χ0n) is 61.5. The molecule has 4 N–H and O–H groups in total. The molecule has 29 nitrogen and oxygen atoms in total. The summed E-state index contributed by atoms with van der Waals surface area (Å²) in [7, 11) is -14.3. The predicted molar refractivity (Wildman–Crippen MR) is 361 cm³/mol. The minimum absolute atomic E-state index is 0.00834. The molecule has 33 heteroatoms. The molecule has 101 heavy (non-hydrogen) atoms. The van der Waals surface area contributed by atoms with Crippen molar-refractivity contribution in [2.45, 2.75) is 257 Å². The van der Waals surface area contributed by atoms with Gasteiger partial charge in [0.05, 0.1) is 33.0 Å². The van der Waals surface area contributed by atoms with Crippen molar-refractivity contribution < 1.29 is 112 Å². The van der Waals surface area contributed by atoms with Gasteiger partial charge in [-0.25, -0.2) is 0 Å². The first kappa shape index (κ1) is 80.5. The van der Waals surface area contributed by atoms with Crippen molar-refractivity contribution in [3.63, 3.8) is 0 Å². The van der Waals surface area contributed by atoms with Crippen molar-refractivity contribution in [2.24, 2.45) is 80.3 Å². The van der Waals surface area contributed by atoms with E-state index in [1.165, 1.54) is 0 Å². The van der Waals surface area contributed by atoms with Crippen LogP contribution in [0.25, 0.3) is 0 Å². The van der Waals surface area contributed by atoms with Gasteiger partial charge in [0, 0.05) is 63.1 Å². The minimum Gasteiger partial charge on any atom is -0.463 e. The van der Waals surface area contributed by atoms with Gasteiger partial charge in [0.2, 0.25) is 23.6 Å². The van der Waals surface area contributed by atoms with Crippen LogP contribution in [0.3, 0.4) is 0 Å². The van der Waals surface area contributed by atoms with E-state index in [1.54, 1.807) is 27.7 Å². The topological polar surface area (TPSA) is 404 Å². The lowest BCUT2D eigenvalue weighted by Crippen LogP contribution is -2.60. The Kier molecular flexibility index (Phi) is 22.2.